The number of unbranched alkanes of at least 4 members (excludes halogenated alkanes) is 1. The van der Waals surface area contributed by atoms with Gasteiger partial charge in [-0.25, -0.2) is 0 Å². The van der Waals surface area contributed by atoms with Gasteiger partial charge in [-0.05, 0) is 25.3 Å². The number of ether oxygens (including phenoxy) is 1. The van der Waals surface area contributed by atoms with Crippen LogP contribution >= 0.6 is 0 Å². The quantitative estimate of drug-likeness (QED) is 0.680. The molecule has 0 saturated carbocycles. The molecule has 0 aromatic rings. The first-order valence-corrected chi connectivity index (χ1v) is 6.19. The highest BCUT2D eigenvalue weighted by molar-refractivity contribution is 4.71. The monoisotopic (exact) mass is 199 g/mol. The topological polar surface area (TPSA) is 21.3 Å². The van der Waals surface area contributed by atoms with E-state index in [1.807, 2.05) is 0 Å². The van der Waals surface area contributed by atoms with Crippen LogP contribution in [-0.4, -0.2) is 25.8 Å². The summed E-state index contributed by atoms with van der Waals surface area (Å²) in [6.45, 7) is 7.70. The summed E-state index contributed by atoms with van der Waals surface area (Å²) in [7, 11) is 0. The molecule has 84 valence electrons. The van der Waals surface area contributed by atoms with E-state index in [1.54, 1.807) is 0 Å². The maximum atomic E-state index is 5.89. The molecule has 0 bridgehead atoms. The molecule has 1 N–H and O–H groups in total. The Hall–Kier alpha value is -0.0800. The summed E-state index contributed by atoms with van der Waals surface area (Å²) < 4.78 is 5.89. The molecule has 0 aliphatic carbocycles. The van der Waals surface area contributed by atoms with E-state index in [9.17, 15) is 0 Å². The molecule has 1 rings (SSSR count). The van der Waals surface area contributed by atoms with Gasteiger partial charge in [0.2, 0.25) is 0 Å². The summed E-state index contributed by atoms with van der Waals surface area (Å²) in [5.41, 5.74) is 0. The van der Waals surface area contributed by atoms with Crippen LogP contribution in [0.4, 0.5) is 0 Å². The van der Waals surface area contributed by atoms with E-state index in [-0.39, 0.29) is 0 Å². The van der Waals surface area contributed by atoms with Crippen molar-refractivity contribution in [1.29, 1.82) is 0 Å². The van der Waals surface area contributed by atoms with Gasteiger partial charge in [0.15, 0.2) is 0 Å². The molecule has 0 aromatic heterocycles. The summed E-state index contributed by atoms with van der Waals surface area (Å²) in [4.78, 5) is 0. The standard InChI is InChI=1S/C12H25NO/c1-3-5-6-11(4-2)10-14-12-7-8-13-9-12/h11-13H,3-10H2,1-2H3/t11?,12-/m0/s1. The van der Waals surface area contributed by atoms with Crippen LogP contribution in [0, 0.1) is 5.92 Å². The van der Waals surface area contributed by atoms with Crippen LogP contribution in [-0.2, 0) is 4.74 Å². The Morgan fingerprint density at radius 2 is 2.29 bits per heavy atom. The van der Waals surface area contributed by atoms with E-state index in [2.05, 4.69) is 19.2 Å². The van der Waals surface area contributed by atoms with E-state index < -0.39 is 0 Å². The van der Waals surface area contributed by atoms with Crippen molar-refractivity contribution < 1.29 is 4.74 Å². The largest absolute Gasteiger partial charge is 0.377 e. The predicted molar refractivity (Wildman–Crippen MR) is 60.5 cm³/mol. The fourth-order valence-corrected chi connectivity index (χ4v) is 1.94. The Kier molecular flexibility index (Phi) is 6.20. The fourth-order valence-electron chi connectivity index (χ4n) is 1.94. The molecule has 1 fully saturated rings. The molecule has 2 heteroatoms. The molecular formula is C12H25NO. The third-order valence-corrected chi connectivity index (χ3v) is 3.13. The van der Waals surface area contributed by atoms with Crippen molar-refractivity contribution in [2.24, 2.45) is 5.92 Å². The van der Waals surface area contributed by atoms with Crippen LogP contribution < -0.4 is 5.32 Å². The lowest BCUT2D eigenvalue weighted by Crippen LogP contribution is -2.20. The van der Waals surface area contributed by atoms with Crippen molar-refractivity contribution in [3.05, 3.63) is 0 Å². The van der Waals surface area contributed by atoms with E-state index in [1.165, 1.54) is 32.1 Å². The van der Waals surface area contributed by atoms with Crippen LogP contribution in [0.25, 0.3) is 0 Å². The molecule has 0 spiro atoms. The summed E-state index contributed by atoms with van der Waals surface area (Å²) >= 11 is 0. The van der Waals surface area contributed by atoms with Crippen molar-refractivity contribution in [3.8, 4) is 0 Å². The van der Waals surface area contributed by atoms with Gasteiger partial charge in [-0.1, -0.05) is 33.1 Å². The van der Waals surface area contributed by atoms with Crippen LogP contribution in [0.15, 0.2) is 0 Å². The highest BCUT2D eigenvalue weighted by atomic mass is 16.5. The summed E-state index contributed by atoms with van der Waals surface area (Å²) in [6.07, 6.45) is 6.95. The molecule has 1 saturated heterocycles. The predicted octanol–water partition coefficient (Wildman–Crippen LogP) is 2.58. The third-order valence-electron chi connectivity index (χ3n) is 3.13. The first-order chi connectivity index (χ1) is 6.86. The van der Waals surface area contributed by atoms with Gasteiger partial charge in [0.05, 0.1) is 6.10 Å². The maximum absolute atomic E-state index is 5.89. The zero-order valence-electron chi connectivity index (χ0n) is 9.72. The van der Waals surface area contributed by atoms with Gasteiger partial charge in [0, 0.05) is 13.2 Å². The second kappa shape index (κ2) is 7.24. The zero-order valence-corrected chi connectivity index (χ0v) is 9.72. The summed E-state index contributed by atoms with van der Waals surface area (Å²) in [5.74, 6) is 0.788. The molecule has 0 radical (unpaired) electrons. The highest BCUT2D eigenvalue weighted by Crippen LogP contribution is 2.15. The SMILES string of the molecule is CCCCC(CC)CO[C@H]1CCNC1. The highest BCUT2D eigenvalue weighted by Gasteiger charge is 2.16. The maximum Gasteiger partial charge on any atom is 0.0711 e. The second-order valence-electron chi connectivity index (χ2n) is 4.36. The zero-order chi connectivity index (χ0) is 10.2. The Morgan fingerprint density at radius 3 is 2.86 bits per heavy atom. The van der Waals surface area contributed by atoms with Crippen LogP contribution in [0.2, 0.25) is 0 Å². The lowest BCUT2D eigenvalue weighted by molar-refractivity contribution is 0.0376. The van der Waals surface area contributed by atoms with Gasteiger partial charge in [-0.15, -0.1) is 0 Å². The minimum absolute atomic E-state index is 0.491. The number of nitrogens with one attached hydrogen (secondary N) is 1. The van der Waals surface area contributed by atoms with Crippen molar-refractivity contribution in [1.82, 2.24) is 5.32 Å². The van der Waals surface area contributed by atoms with Gasteiger partial charge < -0.3 is 10.1 Å². The fraction of sp³-hybridized carbons (Fsp3) is 1.00. The van der Waals surface area contributed by atoms with Crippen LogP contribution in [0.1, 0.15) is 46.0 Å². The minimum atomic E-state index is 0.491. The molecular weight excluding hydrogens is 174 g/mol. The van der Waals surface area contributed by atoms with Gasteiger partial charge in [0.25, 0.3) is 0 Å². The summed E-state index contributed by atoms with van der Waals surface area (Å²) in [6, 6.07) is 0. The van der Waals surface area contributed by atoms with Crippen molar-refractivity contribution in [2.45, 2.75) is 52.1 Å². The van der Waals surface area contributed by atoms with Crippen molar-refractivity contribution >= 4 is 0 Å². The Bertz CT molecular complexity index is 132. The molecule has 1 aliphatic heterocycles. The minimum Gasteiger partial charge on any atom is -0.377 e. The van der Waals surface area contributed by atoms with E-state index in [0.717, 1.165) is 25.6 Å². The molecule has 2 atom stereocenters. The Morgan fingerprint density at radius 1 is 1.43 bits per heavy atom. The first kappa shape index (κ1) is 12.0. The molecule has 0 amide bonds. The Labute approximate surface area is 88.4 Å². The average molecular weight is 199 g/mol. The molecule has 1 heterocycles. The Balaban J connectivity index is 2.06. The summed E-state index contributed by atoms with van der Waals surface area (Å²) in [5, 5.41) is 3.33. The van der Waals surface area contributed by atoms with E-state index >= 15 is 0 Å². The van der Waals surface area contributed by atoms with Gasteiger partial charge >= 0.3 is 0 Å². The second-order valence-corrected chi connectivity index (χ2v) is 4.36. The lowest BCUT2D eigenvalue weighted by Gasteiger charge is -2.17. The molecule has 1 unspecified atom stereocenters. The van der Waals surface area contributed by atoms with Crippen molar-refractivity contribution in [2.75, 3.05) is 19.7 Å². The third kappa shape index (κ3) is 4.43. The van der Waals surface area contributed by atoms with E-state index in [0.29, 0.717) is 6.10 Å². The molecule has 1 aliphatic rings. The van der Waals surface area contributed by atoms with Gasteiger partial charge in [-0.2, -0.15) is 0 Å². The number of rotatable bonds is 7. The van der Waals surface area contributed by atoms with Crippen LogP contribution in [0.3, 0.4) is 0 Å². The smallest absolute Gasteiger partial charge is 0.0711 e. The molecule has 14 heavy (non-hydrogen) atoms. The first-order valence-electron chi connectivity index (χ1n) is 6.19. The number of hydrogen-bond acceptors (Lipinski definition) is 2. The molecule has 2 nitrogen and oxygen atoms in total. The average Bonchev–Trinajstić information content (AvgIpc) is 2.71. The van der Waals surface area contributed by atoms with Gasteiger partial charge in [0.1, 0.15) is 0 Å². The van der Waals surface area contributed by atoms with Gasteiger partial charge in [-0.3, -0.25) is 0 Å². The van der Waals surface area contributed by atoms with E-state index in [4.69, 9.17) is 4.74 Å². The van der Waals surface area contributed by atoms with Crippen LogP contribution in [0.5, 0.6) is 0 Å². The number of hydrogen-bond donors (Lipinski definition) is 1. The normalized spacial score (nSPS) is 24.0. The molecule has 0 aromatic carbocycles. The lowest BCUT2D eigenvalue weighted by atomic mass is 10.0. The van der Waals surface area contributed by atoms with Crippen molar-refractivity contribution in [3.63, 3.8) is 0 Å².